The third kappa shape index (κ3) is 8.40. The van der Waals surface area contributed by atoms with Crippen LogP contribution < -0.4 is 16.4 Å². The van der Waals surface area contributed by atoms with Crippen molar-refractivity contribution in [3.05, 3.63) is 53.6 Å². The number of likely N-dealkylation sites (tertiary alicyclic amines) is 1. The van der Waals surface area contributed by atoms with E-state index in [0.29, 0.717) is 23.5 Å². The first-order valence-electron chi connectivity index (χ1n) is 10.3. The zero-order valence-corrected chi connectivity index (χ0v) is 19.5. The molecule has 1 saturated heterocycles. The van der Waals surface area contributed by atoms with Gasteiger partial charge in [0.1, 0.15) is 0 Å². The summed E-state index contributed by atoms with van der Waals surface area (Å²) in [7, 11) is 0. The molecule has 8 heteroatoms. The van der Waals surface area contributed by atoms with Gasteiger partial charge >= 0.3 is 0 Å². The SMILES string of the molecule is Cc1ccc(N)cc1C(=O)Nc1ccc(NC(=O)CN2CCCCCCC2)cc1.Cl.Cl. The van der Waals surface area contributed by atoms with Gasteiger partial charge in [0, 0.05) is 22.6 Å². The third-order valence-corrected chi connectivity index (χ3v) is 5.25. The van der Waals surface area contributed by atoms with Crippen LogP contribution in [0.5, 0.6) is 0 Å². The van der Waals surface area contributed by atoms with Crippen molar-refractivity contribution in [1.82, 2.24) is 4.90 Å². The molecular weight excluding hydrogens is 435 g/mol. The van der Waals surface area contributed by atoms with Gasteiger partial charge in [-0.05, 0) is 74.8 Å². The van der Waals surface area contributed by atoms with Crippen LogP contribution in [0, 0.1) is 6.92 Å². The molecule has 0 spiro atoms. The number of rotatable bonds is 5. The average molecular weight is 467 g/mol. The molecule has 2 amide bonds. The summed E-state index contributed by atoms with van der Waals surface area (Å²) in [6, 6.07) is 12.4. The Morgan fingerprint density at radius 2 is 1.42 bits per heavy atom. The minimum Gasteiger partial charge on any atom is -0.399 e. The van der Waals surface area contributed by atoms with Crippen molar-refractivity contribution < 1.29 is 9.59 Å². The second-order valence-electron chi connectivity index (χ2n) is 7.70. The summed E-state index contributed by atoms with van der Waals surface area (Å²) in [5.74, 6) is -0.207. The minimum absolute atomic E-state index is 0. The monoisotopic (exact) mass is 466 g/mol. The van der Waals surface area contributed by atoms with Crippen molar-refractivity contribution in [2.75, 3.05) is 36.0 Å². The molecule has 0 aliphatic carbocycles. The fourth-order valence-corrected chi connectivity index (χ4v) is 3.59. The molecule has 170 valence electrons. The second-order valence-corrected chi connectivity index (χ2v) is 7.70. The maximum absolute atomic E-state index is 12.5. The molecule has 0 atom stereocenters. The van der Waals surface area contributed by atoms with Crippen molar-refractivity contribution >= 4 is 53.7 Å². The van der Waals surface area contributed by atoms with Gasteiger partial charge in [-0.25, -0.2) is 0 Å². The number of hydrogen-bond donors (Lipinski definition) is 3. The highest BCUT2D eigenvalue weighted by Gasteiger charge is 2.13. The average Bonchev–Trinajstić information content (AvgIpc) is 2.67. The Morgan fingerprint density at radius 3 is 2.03 bits per heavy atom. The van der Waals surface area contributed by atoms with Crippen molar-refractivity contribution in [3.63, 3.8) is 0 Å². The van der Waals surface area contributed by atoms with Crippen LogP contribution in [-0.2, 0) is 4.79 Å². The van der Waals surface area contributed by atoms with E-state index in [1.165, 1.54) is 19.3 Å². The number of nitrogens with one attached hydrogen (secondary N) is 2. The first kappa shape index (κ1) is 26.8. The van der Waals surface area contributed by atoms with Gasteiger partial charge in [-0.1, -0.05) is 25.3 Å². The molecule has 0 radical (unpaired) electrons. The van der Waals surface area contributed by atoms with E-state index in [1.807, 2.05) is 13.0 Å². The van der Waals surface area contributed by atoms with Crippen molar-refractivity contribution in [2.24, 2.45) is 0 Å². The second kappa shape index (κ2) is 13.2. The summed E-state index contributed by atoms with van der Waals surface area (Å²) in [5.41, 5.74) is 9.14. The molecule has 31 heavy (non-hydrogen) atoms. The number of carbonyl (C=O) groups excluding carboxylic acids is 2. The summed E-state index contributed by atoms with van der Waals surface area (Å²) in [4.78, 5) is 27.1. The van der Waals surface area contributed by atoms with E-state index in [4.69, 9.17) is 5.73 Å². The van der Waals surface area contributed by atoms with E-state index in [2.05, 4.69) is 15.5 Å². The lowest BCUT2D eigenvalue weighted by Gasteiger charge is -2.23. The van der Waals surface area contributed by atoms with E-state index in [-0.39, 0.29) is 36.6 Å². The molecule has 4 N–H and O–H groups in total. The van der Waals surface area contributed by atoms with Gasteiger partial charge in [0.25, 0.3) is 5.91 Å². The smallest absolute Gasteiger partial charge is 0.256 e. The lowest BCUT2D eigenvalue weighted by atomic mass is 10.1. The van der Waals surface area contributed by atoms with Gasteiger partial charge in [0.2, 0.25) is 5.91 Å². The topological polar surface area (TPSA) is 87.5 Å². The predicted molar refractivity (Wildman–Crippen MR) is 133 cm³/mol. The van der Waals surface area contributed by atoms with E-state index in [0.717, 1.165) is 37.2 Å². The van der Waals surface area contributed by atoms with E-state index in [9.17, 15) is 9.59 Å². The molecule has 0 aromatic heterocycles. The lowest BCUT2D eigenvalue weighted by Crippen LogP contribution is -2.35. The van der Waals surface area contributed by atoms with Crippen molar-refractivity contribution in [3.8, 4) is 0 Å². The van der Waals surface area contributed by atoms with Crippen molar-refractivity contribution in [1.29, 1.82) is 0 Å². The Labute approximate surface area is 196 Å². The third-order valence-electron chi connectivity index (χ3n) is 5.25. The highest BCUT2D eigenvalue weighted by atomic mass is 35.5. The Bertz CT molecular complexity index is 851. The first-order chi connectivity index (χ1) is 14.0. The molecular formula is C23H32Cl2N4O2. The first-order valence-corrected chi connectivity index (χ1v) is 10.3. The Hall–Kier alpha value is -2.28. The number of amides is 2. The van der Waals surface area contributed by atoms with Crippen molar-refractivity contribution in [2.45, 2.75) is 39.0 Å². The van der Waals surface area contributed by atoms with Crippen LogP contribution in [0.15, 0.2) is 42.5 Å². The van der Waals surface area contributed by atoms with Gasteiger partial charge in [0.15, 0.2) is 0 Å². The van der Waals surface area contributed by atoms with Crippen LogP contribution >= 0.6 is 24.8 Å². The summed E-state index contributed by atoms with van der Waals surface area (Å²) >= 11 is 0. The molecule has 0 saturated carbocycles. The van der Waals surface area contributed by atoms with Crippen LogP contribution in [0.1, 0.15) is 48.0 Å². The van der Waals surface area contributed by atoms with Crippen LogP contribution in [0.4, 0.5) is 17.1 Å². The van der Waals surface area contributed by atoms with Crippen LogP contribution in [0.25, 0.3) is 0 Å². The number of aryl methyl sites for hydroxylation is 1. The normalized spacial score (nSPS) is 14.2. The Balaban J connectivity index is 0.00000240. The molecule has 1 aliphatic heterocycles. The van der Waals surface area contributed by atoms with Crippen LogP contribution in [-0.4, -0.2) is 36.3 Å². The quantitative estimate of drug-likeness (QED) is 0.547. The summed E-state index contributed by atoms with van der Waals surface area (Å²) in [6.45, 7) is 4.27. The molecule has 1 aliphatic rings. The molecule has 6 nitrogen and oxygen atoms in total. The predicted octanol–water partition coefficient (Wildman–Crippen LogP) is 4.88. The Kier molecular flexibility index (Phi) is 11.4. The highest BCUT2D eigenvalue weighted by molar-refractivity contribution is 6.06. The number of nitrogens with zero attached hydrogens (tertiary/aromatic N) is 1. The van der Waals surface area contributed by atoms with Gasteiger partial charge in [-0.3, -0.25) is 14.5 Å². The zero-order chi connectivity index (χ0) is 20.6. The minimum atomic E-state index is -0.205. The number of carbonyl (C=O) groups is 2. The summed E-state index contributed by atoms with van der Waals surface area (Å²) in [5, 5.41) is 5.81. The number of nitrogens with two attached hydrogens (primary N) is 1. The van der Waals surface area contributed by atoms with Gasteiger partial charge in [-0.15, -0.1) is 24.8 Å². The fraction of sp³-hybridized carbons (Fsp3) is 0.391. The van der Waals surface area contributed by atoms with Gasteiger partial charge < -0.3 is 16.4 Å². The fourth-order valence-electron chi connectivity index (χ4n) is 3.59. The highest BCUT2D eigenvalue weighted by Crippen LogP contribution is 2.18. The molecule has 1 fully saturated rings. The lowest BCUT2D eigenvalue weighted by molar-refractivity contribution is -0.117. The summed E-state index contributed by atoms with van der Waals surface area (Å²) < 4.78 is 0. The maximum atomic E-state index is 12.5. The molecule has 1 heterocycles. The van der Waals surface area contributed by atoms with E-state index in [1.54, 1.807) is 36.4 Å². The van der Waals surface area contributed by atoms with E-state index < -0.39 is 0 Å². The largest absolute Gasteiger partial charge is 0.399 e. The number of nitrogen functional groups attached to an aromatic ring is 1. The van der Waals surface area contributed by atoms with Crippen LogP contribution in [0.2, 0.25) is 0 Å². The number of hydrogen-bond acceptors (Lipinski definition) is 4. The van der Waals surface area contributed by atoms with Gasteiger partial charge in [0.05, 0.1) is 6.54 Å². The van der Waals surface area contributed by atoms with Crippen LogP contribution in [0.3, 0.4) is 0 Å². The number of benzene rings is 2. The molecule has 2 aromatic carbocycles. The Morgan fingerprint density at radius 1 is 0.871 bits per heavy atom. The molecule has 0 unspecified atom stereocenters. The van der Waals surface area contributed by atoms with E-state index >= 15 is 0 Å². The summed E-state index contributed by atoms with van der Waals surface area (Å²) in [6.07, 6.45) is 6.13. The number of anilines is 3. The number of halogens is 2. The maximum Gasteiger partial charge on any atom is 0.256 e. The molecule has 2 aromatic rings. The van der Waals surface area contributed by atoms with Gasteiger partial charge in [-0.2, -0.15) is 0 Å². The molecule has 3 rings (SSSR count). The molecule has 0 bridgehead atoms. The zero-order valence-electron chi connectivity index (χ0n) is 17.9. The standard InChI is InChI=1S/C23H30N4O2.2ClH/c1-17-7-8-18(24)15-21(17)23(29)26-20-11-9-19(10-12-20)25-22(28)16-27-13-5-3-2-4-6-14-27;;/h7-12,15H,2-6,13-14,16,24H2,1H3,(H,25,28)(H,26,29);2*1H.